The Labute approximate surface area is 171 Å². The fourth-order valence-corrected chi connectivity index (χ4v) is 3.17. The molecule has 0 aliphatic carbocycles. The van der Waals surface area contributed by atoms with E-state index < -0.39 is 17.8 Å². The number of piperazine rings is 1. The van der Waals surface area contributed by atoms with E-state index in [1.165, 1.54) is 19.4 Å². The maximum Gasteiger partial charge on any atom is 0.416 e. The Bertz CT molecular complexity index is 892. The molecule has 7 nitrogen and oxygen atoms in total. The lowest BCUT2D eigenvalue weighted by Gasteiger charge is -2.28. The molecular formula is C20H22F3N3O4. The van der Waals surface area contributed by atoms with Gasteiger partial charge < -0.3 is 19.9 Å². The number of ether oxygens (including phenoxy) is 2. The normalized spacial score (nSPS) is 16.1. The van der Waals surface area contributed by atoms with Crippen LogP contribution in [0.1, 0.15) is 5.56 Å². The number of pyridine rings is 1. The molecule has 1 aromatic heterocycles. The van der Waals surface area contributed by atoms with E-state index in [1.54, 1.807) is 17.0 Å². The van der Waals surface area contributed by atoms with Gasteiger partial charge in [-0.25, -0.2) is 4.98 Å². The monoisotopic (exact) mass is 425 g/mol. The average molecular weight is 425 g/mol. The van der Waals surface area contributed by atoms with Gasteiger partial charge in [0.15, 0.2) is 0 Å². The van der Waals surface area contributed by atoms with E-state index in [2.05, 4.69) is 10.3 Å². The summed E-state index contributed by atoms with van der Waals surface area (Å²) in [5.74, 6) is 0.00894. The van der Waals surface area contributed by atoms with Gasteiger partial charge in [-0.15, -0.1) is 0 Å². The third-order valence-electron chi connectivity index (χ3n) is 4.54. The molecule has 3 rings (SSSR count). The van der Waals surface area contributed by atoms with Crippen LogP contribution in [0.4, 0.5) is 13.2 Å². The summed E-state index contributed by atoms with van der Waals surface area (Å²) in [6.07, 6.45) is -4.07. The lowest BCUT2D eigenvalue weighted by molar-refractivity contribution is -0.137. The molecule has 1 amide bonds. The molecule has 1 aliphatic heterocycles. The standard InChI is InChI=1S/C20H22F3N3O4/c1-29-19-17(3-2-4-25-19)13-7-14(20(21,22)23)9-16(8-13)30-12-15(27)10-26-6-5-24-18(28)11-26/h2-4,7-9,15,27H,5-6,10-12H2,1H3,(H,24,28). The van der Waals surface area contributed by atoms with Gasteiger partial charge in [0.1, 0.15) is 18.5 Å². The quantitative estimate of drug-likeness (QED) is 0.706. The van der Waals surface area contributed by atoms with E-state index in [1.807, 2.05) is 0 Å². The van der Waals surface area contributed by atoms with Crippen molar-refractivity contribution in [2.45, 2.75) is 12.3 Å². The Balaban J connectivity index is 1.77. The summed E-state index contributed by atoms with van der Waals surface area (Å²) >= 11 is 0. The maximum atomic E-state index is 13.4. The van der Waals surface area contributed by atoms with Crippen LogP contribution >= 0.6 is 0 Å². The van der Waals surface area contributed by atoms with Gasteiger partial charge in [-0.1, -0.05) is 0 Å². The van der Waals surface area contributed by atoms with Crippen molar-refractivity contribution in [1.82, 2.24) is 15.2 Å². The minimum atomic E-state index is -4.58. The van der Waals surface area contributed by atoms with Gasteiger partial charge in [-0.05, 0) is 35.9 Å². The molecule has 30 heavy (non-hydrogen) atoms. The summed E-state index contributed by atoms with van der Waals surface area (Å²) in [5.41, 5.74) is -0.272. The SMILES string of the molecule is COc1ncccc1-c1cc(OCC(O)CN2CCNC(=O)C2)cc(C(F)(F)F)c1. The van der Waals surface area contributed by atoms with E-state index >= 15 is 0 Å². The number of hydrogen-bond acceptors (Lipinski definition) is 6. The molecule has 0 saturated carbocycles. The first-order valence-electron chi connectivity index (χ1n) is 9.28. The highest BCUT2D eigenvalue weighted by Crippen LogP contribution is 2.37. The number of carbonyl (C=O) groups excluding carboxylic acids is 1. The van der Waals surface area contributed by atoms with Crippen LogP contribution in [0, 0.1) is 0 Å². The zero-order chi connectivity index (χ0) is 21.7. The van der Waals surface area contributed by atoms with Gasteiger partial charge >= 0.3 is 6.18 Å². The molecular weight excluding hydrogens is 403 g/mol. The number of aliphatic hydroxyl groups is 1. The Morgan fingerprint density at radius 1 is 1.33 bits per heavy atom. The van der Waals surface area contributed by atoms with Crippen LogP contribution in [0.15, 0.2) is 36.5 Å². The second-order valence-corrected chi connectivity index (χ2v) is 6.85. The average Bonchev–Trinajstić information content (AvgIpc) is 2.71. The second kappa shape index (κ2) is 9.31. The topological polar surface area (TPSA) is 83.9 Å². The predicted molar refractivity (Wildman–Crippen MR) is 102 cm³/mol. The Morgan fingerprint density at radius 3 is 2.83 bits per heavy atom. The maximum absolute atomic E-state index is 13.4. The molecule has 10 heteroatoms. The van der Waals surface area contributed by atoms with Crippen molar-refractivity contribution in [3.05, 3.63) is 42.1 Å². The Morgan fingerprint density at radius 2 is 2.13 bits per heavy atom. The first-order valence-corrected chi connectivity index (χ1v) is 9.28. The smallest absolute Gasteiger partial charge is 0.416 e. The zero-order valence-corrected chi connectivity index (χ0v) is 16.3. The number of hydrogen-bond donors (Lipinski definition) is 2. The second-order valence-electron chi connectivity index (χ2n) is 6.85. The number of amides is 1. The fraction of sp³-hybridized carbons (Fsp3) is 0.400. The van der Waals surface area contributed by atoms with Crippen molar-refractivity contribution in [3.63, 3.8) is 0 Å². The third kappa shape index (κ3) is 5.61. The van der Waals surface area contributed by atoms with Gasteiger partial charge in [0.25, 0.3) is 0 Å². The van der Waals surface area contributed by atoms with E-state index in [4.69, 9.17) is 9.47 Å². The fourth-order valence-electron chi connectivity index (χ4n) is 3.17. The van der Waals surface area contributed by atoms with Gasteiger partial charge in [0.2, 0.25) is 11.8 Å². The van der Waals surface area contributed by atoms with Crippen LogP contribution < -0.4 is 14.8 Å². The van der Waals surface area contributed by atoms with Crippen LogP contribution in [0.3, 0.4) is 0 Å². The minimum Gasteiger partial charge on any atom is -0.491 e. The third-order valence-corrected chi connectivity index (χ3v) is 4.54. The van der Waals surface area contributed by atoms with Crippen LogP contribution in [0.25, 0.3) is 11.1 Å². The number of nitrogens with one attached hydrogen (secondary N) is 1. The van der Waals surface area contributed by atoms with Gasteiger partial charge in [0, 0.05) is 31.4 Å². The van der Waals surface area contributed by atoms with E-state index in [9.17, 15) is 23.1 Å². The van der Waals surface area contributed by atoms with Crippen LogP contribution in [0.5, 0.6) is 11.6 Å². The number of aliphatic hydroxyl groups excluding tert-OH is 1. The number of alkyl halides is 3. The van der Waals surface area contributed by atoms with E-state index in [0.717, 1.165) is 12.1 Å². The van der Waals surface area contributed by atoms with Gasteiger partial charge in [-0.3, -0.25) is 9.69 Å². The molecule has 1 aliphatic rings. The molecule has 1 fully saturated rings. The van der Waals surface area contributed by atoms with E-state index in [-0.39, 0.29) is 42.8 Å². The molecule has 1 saturated heterocycles. The summed E-state index contributed by atoms with van der Waals surface area (Å²) in [4.78, 5) is 17.2. The highest BCUT2D eigenvalue weighted by molar-refractivity contribution is 5.78. The van der Waals surface area contributed by atoms with E-state index in [0.29, 0.717) is 18.7 Å². The number of carbonyl (C=O) groups is 1. The molecule has 2 aromatic rings. The van der Waals surface area contributed by atoms with Crippen molar-refractivity contribution in [2.75, 3.05) is 39.9 Å². The van der Waals surface area contributed by atoms with Crippen molar-refractivity contribution >= 4 is 5.91 Å². The van der Waals surface area contributed by atoms with Crippen molar-refractivity contribution in [2.24, 2.45) is 0 Å². The Kier molecular flexibility index (Phi) is 6.78. The molecule has 1 unspecified atom stereocenters. The summed E-state index contributed by atoms with van der Waals surface area (Å²) in [7, 11) is 1.38. The minimum absolute atomic E-state index is 0.0406. The largest absolute Gasteiger partial charge is 0.491 e. The molecule has 2 N–H and O–H groups in total. The molecule has 1 atom stereocenters. The lowest BCUT2D eigenvalue weighted by atomic mass is 10.0. The first kappa shape index (κ1) is 21.8. The van der Waals surface area contributed by atoms with Crippen LogP contribution in [-0.4, -0.2) is 66.9 Å². The number of β-amino-alcohol motifs (C(OH)–C–C–N with tert-alkyl or cyclic N) is 1. The first-order chi connectivity index (χ1) is 14.3. The summed E-state index contributed by atoms with van der Waals surface area (Å²) < 4.78 is 50.8. The zero-order valence-electron chi connectivity index (χ0n) is 16.3. The van der Waals surface area contributed by atoms with Crippen molar-refractivity contribution in [1.29, 1.82) is 0 Å². The predicted octanol–water partition coefficient (Wildman–Crippen LogP) is 1.95. The van der Waals surface area contributed by atoms with Crippen LogP contribution in [-0.2, 0) is 11.0 Å². The molecule has 162 valence electrons. The number of methoxy groups -OCH3 is 1. The number of rotatable bonds is 7. The number of nitrogens with zero attached hydrogens (tertiary/aromatic N) is 2. The molecule has 1 aromatic carbocycles. The summed E-state index contributed by atoms with van der Waals surface area (Å²) in [6, 6.07) is 6.51. The van der Waals surface area contributed by atoms with Crippen LogP contribution in [0.2, 0.25) is 0 Å². The summed E-state index contributed by atoms with van der Waals surface area (Å²) in [5, 5.41) is 12.9. The van der Waals surface area contributed by atoms with Gasteiger partial charge in [-0.2, -0.15) is 13.2 Å². The number of aromatic nitrogens is 1. The highest BCUT2D eigenvalue weighted by Gasteiger charge is 2.32. The Hall–Kier alpha value is -2.85. The molecule has 0 bridgehead atoms. The molecule has 0 spiro atoms. The number of halogens is 3. The molecule has 0 radical (unpaired) electrons. The number of benzene rings is 1. The lowest BCUT2D eigenvalue weighted by Crippen LogP contribution is -2.50. The molecule has 2 heterocycles. The van der Waals surface area contributed by atoms with Crippen molar-refractivity contribution in [3.8, 4) is 22.8 Å². The van der Waals surface area contributed by atoms with Crippen molar-refractivity contribution < 1.29 is 32.5 Å². The van der Waals surface area contributed by atoms with Gasteiger partial charge in [0.05, 0.1) is 19.2 Å². The summed E-state index contributed by atoms with van der Waals surface area (Å²) in [6.45, 7) is 1.18. The highest BCUT2D eigenvalue weighted by atomic mass is 19.4.